The fourth-order valence-electron chi connectivity index (χ4n) is 1.81. The molecule has 0 fully saturated rings. The number of hydrogen-bond acceptors (Lipinski definition) is 5. The van der Waals surface area contributed by atoms with Gasteiger partial charge >= 0.3 is 0 Å². The highest BCUT2D eigenvalue weighted by Crippen LogP contribution is 2.28. The summed E-state index contributed by atoms with van der Waals surface area (Å²) in [7, 11) is 1.56. The lowest BCUT2D eigenvalue weighted by Gasteiger charge is -2.11. The first-order chi connectivity index (χ1) is 11.0. The van der Waals surface area contributed by atoms with Crippen LogP contribution >= 0.6 is 11.6 Å². The number of ether oxygens (including phenoxy) is 1. The van der Waals surface area contributed by atoms with E-state index >= 15 is 0 Å². The maximum Gasteiger partial charge on any atom is 0.272 e. The summed E-state index contributed by atoms with van der Waals surface area (Å²) < 4.78 is 5.10. The van der Waals surface area contributed by atoms with Gasteiger partial charge in [0.15, 0.2) is 11.5 Å². The number of benzene rings is 1. The maximum absolute atomic E-state index is 11.9. The third kappa shape index (κ3) is 4.56. The van der Waals surface area contributed by atoms with Crippen LogP contribution in [0.2, 0.25) is 5.02 Å². The molecule has 0 spiro atoms. The lowest BCUT2D eigenvalue weighted by atomic mass is 10.2. The molecule has 2 N–H and O–H groups in total. The zero-order chi connectivity index (χ0) is 16.8. The van der Waals surface area contributed by atoms with Crippen molar-refractivity contribution in [2.24, 2.45) is 0 Å². The number of nitrogens with zero attached hydrogens (tertiary/aromatic N) is 2. The van der Waals surface area contributed by atoms with Crippen LogP contribution in [0.1, 0.15) is 30.8 Å². The van der Waals surface area contributed by atoms with Gasteiger partial charge in [0.2, 0.25) is 0 Å². The van der Waals surface area contributed by atoms with Gasteiger partial charge in [-0.15, -0.1) is 10.2 Å². The van der Waals surface area contributed by atoms with Crippen molar-refractivity contribution in [1.29, 1.82) is 0 Å². The first kappa shape index (κ1) is 17.0. The topological polar surface area (TPSA) is 76.1 Å². The molecule has 0 aliphatic heterocycles. The molecule has 0 aliphatic rings. The average Bonchev–Trinajstić information content (AvgIpc) is 2.55. The molecule has 1 heterocycles. The highest BCUT2D eigenvalue weighted by molar-refractivity contribution is 6.32. The Hall–Kier alpha value is -2.34. The normalized spacial score (nSPS) is 11.7. The van der Waals surface area contributed by atoms with Gasteiger partial charge < -0.3 is 15.4 Å². The van der Waals surface area contributed by atoms with Crippen LogP contribution in [-0.4, -0.2) is 29.3 Å². The van der Waals surface area contributed by atoms with Gasteiger partial charge in [0, 0.05) is 11.7 Å². The predicted molar refractivity (Wildman–Crippen MR) is 90.5 cm³/mol. The van der Waals surface area contributed by atoms with Crippen molar-refractivity contribution in [3.05, 3.63) is 41.0 Å². The van der Waals surface area contributed by atoms with Gasteiger partial charge in [-0.1, -0.05) is 18.5 Å². The molecule has 122 valence electrons. The van der Waals surface area contributed by atoms with Crippen molar-refractivity contribution in [3.8, 4) is 5.75 Å². The van der Waals surface area contributed by atoms with Gasteiger partial charge in [-0.25, -0.2) is 0 Å². The zero-order valence-electron chi connectivity index (χ0n) is 13.3. The van der Waals surface area contributed by atoms with Crippen LogP contribution in [0.25, 0.3) is 0 Å². The van der Waals surface area contributed by atoms with E-state index < -0.39 is 0 Å². The molecule has 0 saturated heterocycles. The first-order valence-corrected chi connectivity index (χ1v) is 7.66. The average molecular weight is 335 g/mol. The Balaban J connectivity index is 2.05. The summed E-state index contributed by atoms with van der Waals surface area (Å²) in [6, 6.07) is 8.71. The van der Waals surface area contributed by atoms with Crippen LogP contribution in [0.4, 0.5) is 11.5 Å². The second-order valence-electron chi connectivity index (χ2n) is 5.06. The van der Waals surface area contributed by atoms with Gasteiger partial charge in [0.25, 0.3) is 5.91 Å². The molecular weight excluding hydrogens is 316 g/mol. The van der Waals surface area contributed by atoms with Crippen LogP contribution in [0.5, 0.6) is 5.75 Å². The Morgan fingerprint density at radius 2 is 2.09 bits per heavy atom. The summed E-state index contributed by atoms with van der Waals surface area (Å²) >= 11 is 6.07. The molecule has 1 aromatic carbocycles. The minimum atomic E-state index is -0.231. The quantitative estimate of drug-likeness (QED) is 0.846. The fraction of sp³-hybridized carbons (Fsp3) is 0.312. The third-order valence-electron chi connectivity index (χ3n) is 3.31. The number of rotatable bonds is 6. The number of carbonyl (C=O) groups excluding carboxylic acids is 1. The number of anilines is 2. The highest BCUT2D eigenvalue weighted by atomic mass is 35.5. The minimum Gasteiger partial charge on any atom is -0.495 e. The number of carbonyl (C=O) groups is 1. The lowest BCUT2D eigenvalue weighted by molar-refractivity contribution is 0.0933. The molecule has 1 amide bonds. The molecule has 23 heavy (non-hydrogen) atoms. The molecule has 6 nitrogen and oxygen atoms in total. The van der Waals surface area contributed by atoms with E-state index in [9.17, 15) is 4.79 Å². The van der Waals surface area contributed by atoms with E-state index in [1.165, 1.54) is 0 Å². The molecule has 0 bridgehead atoms. The Bertz CT molecular complexity index is 676. The Morgan fingerprint density at radius 3 is 2.65 bits per heavy atom. The summed E-state index contributed by atoms with van der Waals surface area (Å²) in [6.07, 6.45) is 0.858. The molecule has 1 aromatic heterocycles. The zero-order valence-corrected chi connectivity index (χ0v) is 14.0. The van der Waals surface area contributed by atoms with Crippen molar-refractivity contribution >= 4 is 29.0 Å². The number of nitrogens with one attached hydrogen (secondary N) is 2. The number of amides is 1. The SMILES string of the molecule is CCC(C)NC(=O)c1ccc(Nc2ccc(OC)c(Cl)c2)nn1. The van der Waals surface area contributed by atoms with Crippen LogP contribution in [0.15, 0.2) is 30.3 Å². The van der Waals surface area contributed by atoms with Crippen molar-refractivity contribution < 1.29 is 9.53 Å². The van der Waals surface area contributed by atoms with E-state index in [1.54, 1.807) is 31.4 Å². The molecule has 2 rings (SSSR count). The lowest BCUT2D eigenvalue weighted by Crippen LogP contribution is -2.32. The summed E-state index contributed by atoms with van der Waals surface area (Å²) in [5.74, 6) is 0.887. The molecule has 2 aromatic rings. The van der Waals surface area contributed by atoms with E-state index in [1.807, 2.05) is 19.9 Å². The fourth-order valence-corrected chi connectivity index (χ4v) is 2.07. The van der Waals surface area contributed by atoms with Gasteiger partial charge in [0.05, 0.1) is 12.1 Å². The summed E-state index contributed by atoms with van der Waals surface area (Å²) in [5.41, 5.74) is 1.03. The van der Waals surface area contributed by atoms with Crippen LogP contribution in [0.3, 0.4) is 0 Å². The maximum atomic E-state index is 11.9. The number of aromatic nitrogens is 2. The van der Waals surface area contributed by atoms with Crippen LogP contribution < -0.4 is 15.4 Å². The predicted octanol–water partition coefficient (Wildman–Crippen LogP) is 3.41. The van der Waals surface area contributed by atoms with Crippen LogP contribution in [0, 0.1) is 0 Å². The van der Waals surface area contributed by atoms with E-state index in [2.05, 4.69) is 20.8 Å². The van der Waals surface area contributed by atoms with Gasteiger partial charge in [0.1, 0.15) is 5.75 Å². The van der Waals surface area contributed by atoms with Gasteiger partial charge in [-0.3, -0.25) is 4.79 Å². The molecular formula is C16H19ClN4O2. The van der Waals surface area contributed by atoms with Crippen molar-refractivity contribution in [1.82, 2.24) is 15.5 Å². The van der Waals surface area contributed by atoms with E-state index in [0.29, 0.717) is 16.6 Å². The van der Waals surface area contributed by atoms with Crippen LogP contribution in [-0.2, 0) is 0 Å². The molecule has 0 aliphatic carbocycles. The number of methoxy groups -OCH3 is 1. The summed E-state index contributed by atoms with van der Waals surface area (Å²) in [4.78, 5) is 11.9. The Labute approximate surface area is 140 Å². The van der Waals surface area contributed by atoms with Crippen molar-refractivity contribution in [2.75, 3.05) is 12.4 Å². The smallest absolute Gasteiger partial charge is 0.272 e. The standard InChI is InChI=1S/C16H19ClN4O2/c1-4-10(2)18-16(22)13-6-8-15(21-20-13)19-11-5-7-14(23-3)12(17)9-11/h5-10H,4H2,1-3H3,(H,18,22)(H,19,21). The number of hydrogen-bond donors (Lipinski definition) is 2. The Morgan fingerprint density at radius 1 is 1.30 bits per heavy atom. The second kappa shape index (κ2) is 7.78. The summed E-state index contributed by atoms with van der Waals surface area (Å²) in [5, 5.41) is 14.3. The van der Waals surface area contributed by atoms with Gasteiger partial charge in [-0.05, 0) is 43.7 Å². The molecule has 1 atom stereocenters. The van der Waals surface area contributed by atoms with Crippen molar-refractivity contribution in [3.63, 3.8) is 0 Å². The molecule has 0 radical (unpaired) electrons. The monoisotopic (exact) mass is 334 g/mol. The van der Waals surface area contributed by atoms with Crippen molar-refractivity contribution in [2.45, 2.75) is 26.3 Å². The third-order valence-corrected chi connectivity index (χ3v) is 3.61. The molecule has 7 heteroatoms. The molecule has 0 saturated carbocycles. The summed E-state index contributed by atoms with van der Waals surface area (Å²) in [6.45, 7) is 3.94. The Kier molecular flexibility index (Phi) is 5.76. The van der Waals surface area contributed by atoms with E-state index in [-0.39, 0.29) is 17.6 Å². The largest absolute Gasteiger partial charge is 0.495 e. The second-order valence-corrected chi connectivity index (χ2v) is 5.47. The van der Waals surface area contributed by atoms with Gasteiger partial charge in [-0.2, -0.15) is 0 Å². The van der Waals surface area contributed by atoms with E-state index in [4.69, 9.17) is 16.3 Å². The van der Waals surface area contributed by atoms with E-state index in [0.717, 1.165) is 12.1 Å². The first-order valence-electron chi connectivity index (χ1n) is 7.28. The highest BCUT2D eigenvalue weighted by Gasteiger charge is 2.11. The number of halogens is 1. The minimum absolute atomic E-state index is 0.101. The molecule has 1 unspecified atom stereocenters.